The zero-order valence-electron chi connectivity index (χ0n) is 10.00. The zero-order chi connectivity index (χ0) is 13.2. The van der Waals surface area contributed by atoms with Crippen molar-refractivity contribution in [3.63, 3.8) is 0 Å². The van der Waals surface area contributed by atoms with Crippen LogP contribution in [-0.4, -0.2) is 33.8 Å². The highest BCUT2D eigenvalue weighted by atomic mass is 79.9. The third kappa shape index (κ3) is 2.97. The molecule has 0 aromatic heterocycles. The second-order valence-corrected chi connectivity index (χ2v) is 5.03. The first-order valence-corrected chi connectivity index (χ1v) is 6.24. The Labute approximate surface area is 108 Å². The molecule has 0 heterocycles. The molecule has 5 heteroatoms. The summed E-state index contributed by atoms with van der Waals surface area (Å²) in [7, 11) is 1.62. The molecule has 0 saturated heterocycles. The van der Waals surface area contributed by atoms with E-state index in [1.54, 1.807) is 7.05 Å². The first kappa shape index (κ1) is 14.0. The number of hydrogen-bond donors (Lipinski definition) is 1. The van der Waals surface area contributed by atoms with Gasteiger partial charge in [0.15, 0.2) is 0 Å². The topological polar surface area (TPSA) is 40.5 Å². The van der Waals surface area contributed by atoms with Gasteiger partial charge in [0.1, 0.15) is 11.6 Å². The van der Waals surface area contributed by atoms with Crippen molar-refractivity contribution in [3.05, 3.63) is 29.6 Å². The Bertz CT molecular complexity index is 435. The molecular formula is C12H15BrFNO2. The van der Waals surface area contributed by atoms with Crippen LogP contribution in [0.3, 0.4) is 0 Å². The number of nitrogens with zero attached hydrogens (tertiary/aromatic N) is 1. The summed E-state index contributed by atoms with van der Waals surface area (Å²) in [5.74, 6) is -1.17. The van der Waals surface area contributed by atoms with E-state index in [2.05, 4.69) is 15.9 Å². The molecule has 1 aromatic carbocycles. The lowest BCUT2D eigenvalue weighted by Crippen LogP contribution is -2.46. The monoisotopic (exact) mass is 303 g/mol. The molecule has 0 atom stereocenters. The van der Waals surface area contributed by atoms with E-state index in [1.807, 2.05) is 13.8 Å². The van der Waals surface area contributed by atoms with Crippen LogP contribution in [0, 0.1) is 5.82 Å². The maximum absolute atomic E-state index is 13.1. The molecule has 1 N–H and O–H groups in total. The molecule has 1 amide bonds. The van der Waals surface area contributed by atoms with Gasteiger partial charge in [0.25, 0.3) is 5.91 Å². The van der Waals surface area contributed by atoms with Crippen molar-refractivity contribution in [1.82, 2.24) is 4.90 Å². The lowest BCUT2D eigenvalue weighted by molar-refractivity contribution is 0.0660. The SMILES string of the molecule is CN(C(=O)c1cc(F)ccc1O)C(C)(C)CBr. The Morgan fingerprint density at radius 3 is 2.65 bits per heavy atom. The third-order valence-corrected chi connectivity index (χ3v) is 4.10. The Kier molecular flexibility index (Phi) is 4.14. The number of phenolic OH excluding ortho intramolecular Hbond substituents is 1. The van der Waals surface area contributed by atoms with Crippen LogP contribution in [0.25, 0.3) is 0 Å². The molecule has 94 valence electrons. The van der Waals surface area contributed by atoms with E-state index in [0.717, 1.165) is 12.1 Å². The summed E-state index contributed by atoms with van der Waals surface area (Å²) in [6.45, 7) is 3.74. The fourth-order valence-corrected chi connectivity index (χ4v) is 1.60. The lowest BCUT2D eigenvalue weighted by Gasteiger charge is -2.34. The normalized spacial score (nSPS) is 11.4. The largest absolute Gasteiger partial charge is 0.507 e. The molecule has 1 aromatic rings. The summed E-state index contributed by atoms with van der Waals surface area (Å²) in [4.78, 5) is 13.6. The molecule has 0 fully saturated rings. The molecule has 0 bridgehead atoms. The summed E-state index contributed by atoms with van der Waals surface area (Å²) in [6, 6.07) is 3.33. The van der Waals surface area contributed by atoms with Crippen molar-refractivity contribution in [2.75, 3.05) is 12.4 Å². The third-order valence-electron chi connectivity index (χ3n) is 2.73. The number of phenols is 1. The van der Waals surface area contributed by atoms with Crippen LogP contribution in [0.4, 0.5) is 4.39 Å². The van der Waals surface area contributed by atoms with Crippen LogP contribution < -0.4 is 0 Å². The van der Waals surface area contributed by atoms with Crippen LogP contribution in [-0.2, 0) is 0 Å². The second-order valence-electron chi connectivity index (χ2n) is 4.47. The molecule has 1 rings (SSSR count). The summed E-state index contributed by atoms with van der Waals surface area (Å²) >= 11 is 3.31. The van der Waals surface area contributed by atoms with Crippen molar-refractivity contribution in [2.24, 2.45) is 0 Å². The molecule has 0 aliphatic heterocycles. The van der Waals surface area contributed by atoms with Crippen molar-refractivity contribution >= 4 is 21.8 Å². The van der Waals surface area contributed by atoms with Crippen molar-refractivity contribution in [2.45, 2.75) is 19.4 Å². The Morgan fingerprint density at radius 2 is 2.12 bits per heavy atom. The smallest absolute Gasteiger partial charge is 0.257 e. The predicted molar refractivity (Wildman–Crippen MR) is 68.0 cm³/mol. The number of aromatic hydroxyl groups is 1. The first-order valence-electron chi connectivity index (χ1n) is 5.12. The minimum Gasteiger partial charge on any atom is -0.507 e. The minimum atomic E-state index is -0.545. The summed E-state index contributed by atoms with van der Waals surface area (Å²) < 4.78 is 13.1. The van der Waals surface area contributed by atoms with Gasteiger partial charge >= 0.3 is 0 Å². The van der Waals surface area contributed by atoms with Gasteiger partial charge in [-0.15, -0.1) is 0 Å². The quantitative estimate of drug-likeness (QED) is 0.872. The van der Waals surface area contributed by atoms with Crippen molar-refractivity contribution < 1.29 is 14.3 Å². The molecule has 17 heavy (non-hydrogen) atoms. The number of carbonyl (C=O) groups excluding carboxylic acids is 1. The number of benzene rings is 1. The van der Waals surface area contributed by atoms with Crippen molar-refractivity contribution in [1.29, 1.82) is 0 Å². The average Bonchev–Trinajstić information content (AvgIpc) is 2.30. The van der Waals surface area contributed by atoms with E-state index < -0.39 is 17.3 Å². The van der Waals surface area contributed by atoms with Gasteiger partial charge in [-0.05, 0) is 32.0 Å². The molecule has 0 saturated carbocycles. The number of halogens is 2. The highest BCUT2D eigenvalue weighted by Gasteiger charge is 2.28. The van der Waals surface area contributed by atoms with E-state index in [0.29, 0.717) is 5.33 Å². The van der Waals surface area contributed by atoms with E-state index in [-0.39, 0.29) is 11.3 Å². The van der Waals surface area contributed by atoms with E-state index >= 15 is 0 Å². The summed E-state index contributed by atoms with van der Waals surface area (Å²) in [5.41, 5.74) is -0.447. The minimum absolute atomic E-state index is 0.0264. The Balaban J connectivity index is 3.08. The van der Waals surface area contributed by atoms with Gasteiger partial charge in [-0.2, -0.15) is 0 Å². The number of alkyl halides is 1. The van der Waals surface area contributed by atoms with Crippen LogP contribution in [0.5, 0.6) is 5.75 Å². The second kappa shape index (κ2) is 5.04. The number of amides is 1. The lowest BCUT2D eigenvalue weighted by atomic mass is 10.0. The van der Waals surface area contributed by atoms with Gasteiger partial charge in [-0.1, -0.05) is 15.9 Å². The molecule has 0 aliphatic carbocycles. The fourth-order valence-electron chi connectivity index (χ4n) is 1.22. The zero-order valence-corrected chi connectivity index (χ0v) is 11.6. The molecule has 3 nitrogen and oxygen atoms in total. The summed E-state index contributed by atoms with van der Waals surface area (Å²) in [6.07, 6.45) is 0. The average molecular weight is 304 g/mol. The van der Waals surface area contributed by atoms with Gasteiger partial charge in [0.2, 0.25) is 0 Å². The van der Waals surface area contributed by atoms with Gasteiger partial charge in [-0.25, -0.2) is 4.39 Å². The maximum atomic E-state index is 13.1. The van der Waals surface area contributed by atoms with E-state index in [4.69, 9.17) is 0 Å². The molecule has 0 unspecified atom stereocenters. The highest BCUT2D eigenvalue weighted by molar-refractivity contribution is 9.09. The Morgan fingerprint density at radius 1 is 1.53 bits per heavy atom. The van der Waals surface area contributed by atoms with Gasteiger partial charge < -0.3 is 10.0 Å². The number of carbonyl (C=O) groups is 1. The molecule has 0 radical (unpaired) electrons. The predicted octanol–water partition coefficient (Wildman–Crippen LogP) is 2.78. The maximum Gasteiger partial charge on any atom is 0.257 e. The molecule has 0 spiro atoms. The summed E-state index contributed by atoms with van der Waals surface area (Å²) in [5, 5.41) is 10.1. The standard InChI is InChI=1S/C12H15BrFNO2/c1-12(2,7-13)15(3)11(17)9-6-8(14)4-5-10(9)16/h4-6,16H,7H2,1-3H3. The van der Waals surface area contributed by atoms with E-state index in [9.17, 15) is 14.3 Å². The van der Waals surface area contributed by atoms with Gasteiger partial charge in [-0.3, -0.25) is 4.79 Å². The van der Waals surface area contributed by atoms with Gasteiger partial charge in [0, 0.05) is 17.9 Å². The number of rotatable bonds is 3. The molecule has 0 aliphatic rings. The van der Waals surface area contributed by atoms with Crippen molar-refractivity contribution in [3.8, 4) is 5.75 Å². The van der Waals surface area contributed by atoms with Crippen LogP contribution in [0.15, 0.2) is 18.2 Å². The highest BCUT2D eigenvalue weighted by Crippen LogP contribution is 2.23. The number of hydrogen-bond acceptors (Lipinski definition) is 2. The van der Waals surface area contributed by atoms with Crippen LogP contribution >= 0.6 is 15.9 Å². The first-order chi connectivity index (χ1) is 7.79. The van der Waals surface area contributed by atoms with Crippen LogP contribution in [0.1, 0.15) is 24.2 Å². The molecular weight excluding hydrogens is 289 g/mol. The van der Waals surface area contributed by atoms with E-state index in [1.165, 1.54) is 11.0 Å². The van der Waals surface area contributed by atoms with Crippen LogP contribution in [0.2, 0.25) is 0 Å². The van der Waals surface area contributed by atoms with Gasteiger partial charge in [0.05, 0.1) is 5.56 Å². The Hall–Kier alpha value is -1.10. The fraction of sp³-hybridized carbons (Fsp3) is 0.417.